The zero-order chi connectivity index (χ0) is 25.4. The first-order chi connectivity index (χ1) is 16.6. The third-order valence-electron chi connectivity index (χ3n) is 4.78. The first-order valence-corrected chi connectivity index (χ1v) is 9.55. The monoisotopic (exact) mass is 603 g/mol. The van der Waals surface area contributed by atoms with E-state index in [9.17, 15) is 9.59 Å². The molecule has 0 unspecified atom stereocenters. The van der Waals surface area contributed by atoms with Gasteiger partial charge in [0.05, 0.1) is 5.76 Å². The second-order valence-electron chi connectivity index (χ2n) is 7.01. The summed E-state index contributed by atoms with van der Waals surface area (Å²) >= 11 is 0. The number of aliphatic hydroxyl groups excluding tert-OH is 1. The molecular weight excluding hydrogens is 579 g/mol. The van der Waals surface area contributed by atoms with Crippen LogP contribution in [0.25, 0.3) is 33.2 Å². The molecule has 0 saturated carbocycles. The number of hydrogen-bond acceptors (Lipinski definition) is 4. The van der Waals surface area contributed by atoms with Crippen molar-refractivity contribution >= 4 is 22.3 Å². The fourth-order valence-corrected chi connectivity index (χ4v) is 3.64. The largest absolute Gasteiger partial charge is 0.512 e. The summed E-state index contributed by atoms with van der Waals surface area (Å²) < 4.78 is 31.7. The summed E-state index contributed by atoms with van der Waals surface area (Å²) in [5.74, 6) is -0.111. The van der Waals surface area contributed by atoms with Crippen molar-refractivity contribution in [2.45, 2.75) is 13.8 Å². The van der Waals surface area contributed by atoms with Crippen molar-refractivity contribution in [1.82, 2.24) is 4.98 Å². The molecule has 1 aliphatic rings. The van der Waals surface area contributed by atoms with Gasteiger partial charge in [-0.25, -0.2) is 0 Å². The van der Waals surface area contributed by atoms with Gasteiger partial charge in [-0.15, -0.1) is 35.8 Å². The standard InChI is InChI=1S/C22H12NO.C5H8O2.Ir/c24-22-19-9-5-4-8-15(19)16-10-11-18-17(20(16)22)12-13-23-21(18)14-6-2-1-3-7-14;1-4(6)3-5(2)7;/h1-6,8-13H;3,6H,1-2H3;/q-1;;/b;4-3-;/i1D,2D,3D,6D;;. The Balaban J connectivity index is 0.000000400. The summed E-state index contributed by atoms with van der Waals surface area (Å²) in [7, 11) is 0. The maximum Gasteiger partial charge on any atom is 0.194 e. The van der Waals surface area contributed by atoms with Crippen LogP contribution in [0.2, 0.25) is 0 Å². The van der Waals surface area contributed by atoms with Crippen LogP contribution >= 0.6 is 0 Å². The minimum absolute atomic E-state index is 0. The SMILES string of the molecule is CC(=O)/C=C(/C)O.[2H]c1[c-]c(-c2nccc3c4c(ccc23)-c2ccccc2C4=O)c([2H])c([2H])c1[2H].[Ir]. The van der Waals surface area contributed by atoms with E-state index < -0.39 is 0 Å². The van der Waals surface area contributed by atoms with E-state index in [2.05, 4.69) is 11.1 Å². The minimum atomic E-state index is -0.333. The number of hydrogen-bond donors (Lipinski definition) is 1. The molecular formula is C27H20IrNO3-. The number of fused-ring (bicyclic) bond motifs is 5. The van der Waals surface area contributed by atoms with Gasteiger partial charge in [0.2, 0.25) is 0 Å². The van der Waals surface area contributed by atoms with Gasteiger partial charge in [-0.2, -0.15) is 0 Å². The molecule has 5 rings (SSSR count). The number of rotatable bonds is 2. The van der Waals surface area contributed by atoms with Crippen LogP contribution in [0.3, 0.4) is 0 Å². The fourth-order valence-electron chi connectivity index (χ4n) is 3.64. The minimum Gasteiger partial charge on any atom is -0.512 e. The van der Waals surface area contributed by atoms with Crippen molar-refractivity contribution in [3.63, 3.8) is 0 Å². The average molecular weight is 603 g/mol. The van der Waals surface area contributed by atoms with E-state index in [4.69, 9.17) is 10.6 Å². The first-order valence-electron chi connectivity index (χ1n) is 11.6. The Morgan fingerprint density at radius 2 is 1.78 bits per heavy atom. The number of benzene rings is 3. The molecule has 0 amide bonds. The Morgan fingerprint density at radius 3 is 2.47 bits per heavy atom. The summed E-state index contributed by atoms with van der Waals surface area (Å²) in [5.41, 5.74) is 3.61. The molecule has 4 nitrogen and oxygen atoms in total. The van der Waals surface area contributed by atoms with E-state index >= 15 is 0 Å². The van der Waals surface area contributed by atoms with Crippen LogP contribution in [0.15, 0.2) is 84.7 Å². The van der Waals surface area contributed by atoms with Crippen LogP contribution in [0, 0.1) is 6.07 Å². The average Bonchev–Trinajstić information content (AvgIpc) is 3.12. The van der Waals surface area contributed by atoms with Crippen molar-refractivity contribution in [1.29, 1.82) is 0 Å². The number of pyridine rings is 1. The number of nitrogens with zero attached hydrogens (tertiary/aromatic N) is 1. The molecule has 0 saturated heterocycles. The summed E-state index contributed by atoms with van der Waals surface area (Å²) in [5, 5.41) is 9.73. The molecule has 0 spiro atoms. The number of allylic oxidation sites excluding steroid dienone is 2. The van der Waals surface area contributed by atoms with E-state index in [1.54, 1.807) is 12.3 Å². The predicted molar refractivity (Wildman–Crippen MR) is 122 cm³/mol. The van der Waals surface area contributed by atoms with Gasteiger partial charge in [-0.05, 0) is 50.2 Å². The molecule has 1 N–H and O–H groups in total. The van der Waals surface area contributed by atoms with Gasteiger partial charge in [-0.3, -0.25) is 9.59 Å². The summed E-state index contributed by atoms with van der Waals surface area (Å²) in [6.07, 6.45) is 2.73. The third kappa shape index (κ3) is 4.45. The van der Waals surface area contributed by atoms with Gasteiger partial charge in [0, 0.05) is 46.2 Å². The number of ketones is 2. The van der Waals surface area contributed by atoms with E-state index in [0.29, 0.717) is 27.6 Å². The normalized spacial score (nSPS) is 13.4. The Kier molecular flexibility index (Phi) is 5.58. The van der Waals surface area contributed by atoms with Gasteiger partial charge in [0.15, 0.2) is 11.6 Å². The third-order valence-corrected chi connectivity index (χ3v) is 4.78. The van der Waals surface area contributed by atoms with Crippen LogP contribution in [0.5, 0.6) is 0 Å². The Hall–Kier alpha value is -3.40. The van der Waals surface area contributed by atoms with Crippen LogP contribution in [0.4, 0.5) is 0 Å². The Labute approximate surface area is 205 Å². The van der Waals surface area contributed by atoms with E-state index in [1.807, 2.05) is 36.4 Å². The Morgan fingerprint density at radius 1 is 1.03 bits per heavy atom. The van der Waals surface area contributed by atoms with Crippen LogP contribution in [-0.2, 0) is 24.9 Å². The van der Waals surface area contributed by atoms with Gasteiger partial charge in [0.25, 0.3) is 0 Å². The number of aliphatic hydroxyl groups is 1. The van der Waals surface area contributed by atoms with Crippen LogP contribution in [0.1, 0.15) is 35.3 Å². The number of carbonyl (C=O) groups excluding carboxylic acids is 2. The zero-order valence-electron chi connectivity index (χ0n) is 21.2. The molecule has 161 valence electrons. The molecule has 3 aromatic carbocycles. The van der Waals surface area contributed by atoms with E-state index in [1.165, 1.54) is 19.9 Å². The molecule has 0 atom stereocenters. The molecule has 0 aliphatic heterocycles. The van der Waals surface area contributed by atoms with Crippen molar-refractivity contribution < 1.29 is 40.3 Å². The second-order valence-corrected chi connectivity index (χ2v) is 7.01. The maximum atomic E-state index is 13.0. The van der Waals surface area contributed by atoms with Crippen molar-refractivity contribution in [3.8, 4) is 22.4 Å². The van der Waals surface area contributed by atoms with Gasteiger partial charge >= 0.3 is 0 Å². The summed E-state index contributed by atoms with van der Waals surface area (Å²) in [4.78, 5) is 27.4. The Bertz CT molecular complexity index is 1560. The maximum absolute atomic E-state index is 13.0. The summed E-state index contributed by atoms with van der Waals surface area (Å²) in [6.45, 7) is 2.85. The van der Waals surface area contributed by atoms with Crippen molar-refractivity contribution in [2.24, 2.45) is 0 Å². The molecule has 1 heterocycles. The molecule has 32 heavy (non-hydrogen) atoms. The zero-order valence-corrected chi connectivity index (χ0v) is 19.6. The molecule has 1 aromatic heterocycles. The van der Waals surface area contributed by atoms with Crippen molar-refractivity contribution in [2.75, 3.05) is 0 Å². The van der Waals surface area contributed by atoms with Gasteiger partial charge in [-0.1, -0.05) is 36.4 Å². The quantitative estimate of drug-likeness (QED) is 0.154. The van der Waals surface area contributed by atoms with E-state index in [-0.39, 0.29) is 67.2 Å². The van der Waals surface area contributed by atoms with Crippen LogP contribution < -0.4 is 0 Å². The van der Waals surface area contributed by atoms with Crippen molar-refractivity contribution in [3.05, 3.63) is 102 Å². The molecule has 0 fully saturated rings. The fraction of sp³-hybridized carbons (Fsp3) is 0.0741. The first kappa shape index (κ1) is 18.2. The number of carbonyl (C=O) groups is 2. The molecule has 4 aromatic rings. The topological polar surface area (TPSA) is 67.3 Å². The van der Waals surface area contributed by atoms with Gasteiger partial charge in [0.1, 0.15) is 0 Å². The van der Waals surface area contributed by atoms with E-state index in [0.717, 1.165) is 11.1 Å². The van der Waals surface area contributed by atoms with Gasteiger partial charge < -0.3 is 10.1 Å². The predicted octanol–water partition coefficient (Wildman–Crippen LogP) is 5.95. The van der Waals surface area contributed by atoms with Crippen LogP contribution in [-0.4, -0.2) is 21.7 Å². The molecule has 1 aliphatic carbocycles. The molecule has 0 bridgehead atoms. The molecule has 5 heteroatoms. The summed E-state index contributed by atoms with van der Waals surface area (Å²) in [6, 6.07) is 14.6. The number of aromatic nitrogens is 1. The smallest absolute Gasteiger partial charge is 0.194 e. The second kappa shape index (κ2) is 9.82. The molecule has 1 radical (unpaired) electrons.